The smallest absolute Gasteiger partial charge is 0.218 e. The number of aliphatic hydroxyl groups excluding tert-OH is 2. The lowest BCUT2D eigenvalue weighted by atomic mass is 9.73. The Morgan fingerprint density at radius 2 is 0.986 bits per heavy atom. The fraction of sp³-hybridized carbons (Fsp3) is 0.571. The molecule has 2 aliphatic carbocycles. The van der Waals surface area contributed by atoms with Crippen LogP contribution < -0.4 is 30.7 Å². The molecule has 2 aliphatic heterocycles. The molecule has 2 aromatic heterocycles. The molecule has 2 amide bonds. The normalized spacial score (nSPS) is 21.0. The maximum Gasteiger partial charge on any atom is 0.218 e. The van der Waals surface area contributed by atoms with E-state index in [0.29, 0.717) is 48.6 Å². The second-order valence-corrected chi connectivity index (χ2v) is 22.8. The van der Waals surface area contributed by atoms with Crippen molar-refractivity contribution in [1.82, 2.24) is 31.2 Å². The number of benzene rings is 2. The summed E-state index contributed by atoms with van der Waals surface area (Å²) < 4.78 is 69.5. The molecule has 16 heteroatoms. The Morgan fingerprint density at radius 3 is 1.28 bits per heavy atom. The second-order valence-electron chi connectivity index (χ2n) is 22.8. The van der Waals surface area contributed by atoms with E-state index >= 15 is 8.78 Å². The monoisotopic (exact) mass is 1000 g/mol. The summed E-state index contributed by atoms with van der Waals surface area (Å²) in [6.07, 6.45) is 6.99. The van der Waals surface area contributed by atoms with E-state index in [9.17, 15) is 28.6 Å². The predicted molar refractivity (Wildman–Crippen MR) is 268 cm³/mol. The Hall–Kier alpha value is -5.16. The number of fused-ring (bicyclic) bond motifs is 2. The van der Waals surface area contributed by atoms with Crippen molar-refractivity contribution in [2.24, 2.45) is 10.8 Å². The number of carbonyl (C=O) groups is 2. The number of amides is 2. The third-order valence-corrected chi connectivity index (χ3v) is 14.6. The molecule has 0 saturated heterocycles. The van der Waals surface area contributed by atoms with Crippen molar-refractivity contribution >= 4 is 11.8 Å². The number of carbonyl (C=O) groups excluding carboxylic acids is 2. The van der Waals surface area contributed by atoms with E-state index in [1.54, 1.807) is 36.7 Å². The Labute approximate surface area is 421 Å². The van der Waals surface area contributed by atoms with Crippen molar-refractivity contribution in [3.8, 4) is 11.8 Å². The number of aliphatic hydroxyl groups is 2. The molecule has 0 bridgehead atoms. The van der Waals surface area contributed by atoms with Crippen LogP contribution in [-0.2, 0) is 22.4 Å². The molecule has 4 aromatic rings. The van der Waals surface area contributed by atoms with Crippen molar-refractivity contribution in [2.75, 3.05) is 13.1 Å². The first-order chi connectivity index (χ1) is 33.9. The topological polar surface area (TPSA) is 167 Å². The minimum Gasteiger partial charge on any atom is -0.471 e. The highest BCUT2D eigenvalue weighted by molar-refractivity contribution is 5.73. The summed E-state index contributed by atoms with van der Waals surface area (Å²) >= 11 is 0. The van der Waals surface area contributed by atoms with Gasteiger partial charge in [-0.1, -0.05) is 65.8 Å². The van der Waals surface area contributed by atoms with Gasteiger partial charge in [-0.3, -0.25) is 9.59 Å². The van der Waals surface area contributed by atoms with Gasteiger partial charge in [-0.25, -0.2) is 27.5 Å². The third-order valence-electron chi connectivity index (χ3n) is 14.6. The van der Waals surface area contributed by atoms with E-state index in [-0.39, 0.29) is 59.8 Å². The first-order valence-corrected chi connectivity index (χ1v) is 25.4. The fourth-order valence-electron chi connectivity index (χ4n) is 10.1. The second kappa shape index (κ2) is 22.5. The summed E-state index contributed by atoms with van der Waals surface area (Å²) in [6.45, 7) is 14.3. The average Bonchev–Trinajstić information content (AvgIpc) is 3.30. The van der Waals surface area contributed by atoms with Gasteiger partial charge >= 0.3 is 0 Å². The van der Waals surface area contributed by atoms with Gasteiger partial charge in [0, 0.05) is 86.5 Å². The number of hydrogen-bond donors (Lipinski definition) is 6. The van der Waals surface area contributed by atoms with Gasteiger partial charge in [0.1, 0.15) is 35.2 Å². The number of rotatable bonds is 16. The van der Waals surface area contributed by atoms with Crippen molar-refractivity contribution in [1.29, 1.82) is 0 Å². The largest absolute Gasteiger partial charge is 0.471 e. The Bertz CT molecular complexity index is 2300. The van der Waals surface area contributed by atoms with Gasteiger partial charge in [0.2, 0.25) is 23.6 Å². The first kappa shape index (κ1) is 54.6. The minimum absolute atomic E-state index is 0.174. The molecule has 392 valence electrons. The molecule has 72 heavy (non-hydrogen) atoms. The van der Waals surface area contributed by atoms with Crippen LogP contribution in [-0.4, -0.2) is 80.6 Å². The fourth-order valence-corrected chi connectivity index (χ4v) is 10.1. The van der Waals surface area contributed by atoms with E-state index in [2.05, 4.69) is 31.2 Å². The molecule has 2 fully saturated rings. The molecule has 2 saturated carbocycles. The molecule has 2 aromatic carbocycles. The first-order valence-electron chi connectivity index (χ1n) is 25.4. The van der Waals surface area contributed by atoms with Crippen LogP contribution in [0.2, 0.25) is 0 Å². The quantitative estimate of drug-likeness (QED) is 0.0596. The van der Waals surface area contributed by atoms with Gasteiger partial charge < -0.3 is 41.0 Å². The van der Waals surface area contributed by atoms with E-state index in [1.807, 2.05) is 53.7 Å². The number of hydrogen-bond acceptors (Lipinski definition) is 10. The summed E-state index contributed by atoms with van der Waals surface area (Å²) in [6, 6.07) is 14.2. The molecule has 6 N–H and O–H groups in total. The average molecular weight is 1000 g/mol. The molecule has 4 aliphatic rings. The van der Waals surface area contributed by atoms with E-state index < -0.39 is 47.5 Å². The lowest BCUT2D eigenvalue weighted by Crippen LogP contribution is -2.52. The number of ether oxygens (including phenoxy) is 2. The minimum atomic E-state index is -1.18. The van der Waals surface area contributed by atoms with Gasteiger partial charge in [0.05, 0.1) is 24.3 Å². The van der Waals surface area contributed by atoms with Gasteiger partial charge in [-0.05, 0) is 110 Å². The van der Waals surface area contributed by atoms with Crippen LogP contribution in [0.5, 0.6) is 11.8 Å². The zero-order valence-corrected chi connectivity index (χ0v) is 43.0. The maximum atomic E-state index is 15.1. The molecule has 4 heterocycles. The lowest BCUT2D eigenvalue weighted by molar-refractivity contribution is -0.121. The molecular weight excluding hydrogens is 929 g/mol. The number of nitrogens with zero attached hydrogens (tertiary/aromatic N) is 2. The van der Waals surface area contributed by atoms with E-state index in [0.717, 1.165) is 60.8 Å². The molecule has 12 nitrogen and oxygen atoms in total. The molecule has 8 atom stereocenters. The van der Waals surface area contributed by atoms with Gasteiger partial charge in [-0.2, -0.15) is 0 Å². The lowest BCUT2D eigenvalue weighted by Gasteiger charge is -2.47. The van der Waals surface area contributed by atoms with Gasteiger partial charge in [0.15, 0.2) is 0 Å². The maximum absolute atomic E-state index is 15.1. The number of nitrogens with one attached hydrogen (secondary N) is 4. The Kier molecular flexibility index (Phi) is 17.1. The number of aromatic nitrogens is 2. The molecule has 0 unspecified atom stereocenters. The summed E-state index contributed by atoms with van der Waals surface area (Å²) in [5.74, 6) is -0.151. The van der Waals surface area contributed by atoms with Gasteiger partial charge in [0.25, 0.3) is 0 Å². The summed E-state index contributed by atoms with van der Waals surface area (Å²) in [5.41, 5.74) is 2.52. The molecule has 8 rings (SSSR count). The van der Waals surface area contributed by atoms with Crippen LogP contribution in [0.15, 0.2) is 73.1 Å². The van der Waals surface area contributed by atoms with Crippen molar-refractivity contribution in [3.63, 3.8) is 0 Å². The molecule has 0 radical (unpaired) electrons. The zero-order chi connectivity index (χ0) is 52.2. The van der Waals surface area contributed by atoms with Crippen molar-refractivity contribution < 1.29 is 46.8 Å². The van der Waals surface area contributed by atoms with Crippen molar-refractivity contribution in [2.45, 2.75) is 180 Å². The van der Waals surface area contributed by atoms with E-state index in [4.69, 9.17) is 9.47 Å². The standard InChI is InChI=1S/2C28H37F2N3O3/c2*1-17(34)33-22(12-18-6-8-20(29)9-7-18)24(35)16-31-23-14-28(10-5-11-28)36-26-21(23)13-19(15-32-26)25(30)27(2,3)4/h2*6-9,13,15,22-25,31,35H,5,10-12,14,16H2,1-4H3,(H,33,34)/t22-,23-,24+,25+;22-,23-,24+,25-/m00/s1. The highest BCUT2D eigenvalue weighted by Gasteiger charge is 2.48. The highest BCUT2D eigenvalue weighted by atomic mass is 19.1. The summed E-state index contributed by atoms with van der Waals surface area (Å²) in [7, 11) is 0. The Balaban J connectivity index is 0.000000211. The SMILES string of the molecule is CC(=O)N[C@@H](Cc1ccc(F)cc1)[C@H](O)CN[C@H]1CC2(CCC2)Oc2ncc([C@@H](F)C(C)(C)C)cc21.CC(=O)N[C@@H](Cc1ccc(F)cc1)[C@H](O)CN[C@H]1CC2(CCC2)Oc2ncc([C@H](F)C(C)(C)C)cc21. The summed E-state index contributed by atoms with van der Waals surface area (Å²) in [5, 5.41) is 34.6. The van der Waals surface area contributed by atoms with E-state index in [1.165, 1.54) is 38.1 Å². The van der Waals surface area contributed by atoms with Crippen molar-refractivity contribution in [3.05, 3.63) is 118 Å². The van der Waals surface area contributed by atoms with Crippen LogP contribution in [0.4, 0.5) is 17.6 Å². The third kappa shape index (κ3) is 13.7. The predicted octanol–water partition coefficient (Wildman–Crippen LogP) is 9.44. The van der Waals surface area contributed by atoms with Gasteiger partial charge in [-0.15, -0.1) is 0 Å². The zero-order valence-electron chi connectivity index (χ0n) is 43.0. The molecule has 2 spiro atoms. The number of halogens is 4. The van der Waals surface area contributed by atoms with Crippen LogP contribution in [0.25, 0.3) is 0 Å². The summed E-state index contributed by atoms with van der Waals surface area (Å²) in [4.78, 5) is 32.6. The number of pyridine rings is 2. The highest BCUT2D eigenvalue weighted by Crippen LogP contribution is 2.51. The molecular formula is C56H74F4N6O6. The van der Waals surface area contributed by atoms with Crippen LogP contribution in [0, 0.1) is 22.5 Å². The van der Waals surface area contributed by atoms with Crippen LogP contribution in [0.3, 0.4) is 0 Å². The van der Waals surface area contributed by atoms with Crippen LogP contribution >= 0.6 is 0 Å². The van der Waals surface area contributed by atoms with Crippen LogP contribution in [0.1, 0.15) is 165 Å². The number of alkyl halides is 2. The Morgan fingerprint density at radius 1 is 0.639 bits per heavy atom.